The second-order valence-electron chi connectivity index (χ2n) is 5.43. The summed E-state index contributed by atoms with van der Waals surface area (Å²) in [6.45, 7) is 5.34. The van der Waals surface area contributed by atoms with Crippen LogP contribution in [0, 0.1) is 0 Å². The standard InChI is InChI=1S/C15H22ClNO/c1-12(2)17-11-10-15(8-5-9-15)18-14-7-4-3-6-13(14)16/h3-4,6-7,12,17H,5,8-11H2,1-2H3. The minimum Gasteiger partial charge on any atom is -0.486 e. The summed E-state index contributed by atoms with van der Waals surface area (Å²) in [5, 5.41) is 4.17. The average molecular weight is 268 g/mol. The quantitative estimate of drug-likeness (QED) is 0.840. The SMILES string of the molecule is CC(C)NCCC1(Oc2ccccc2Cl)CCC1. The molecule has 0 aromatic heterocycles. The lowest BCUT2D eigenvalue weighted by Crippen LogP contribution is -2.46. The molecule has 18 heavy (non-hydrogen) atoms. The lowest BCUT2D eigenvalue weighted by Gasteiger charge is -2.42. The molecule has 1 saturated carbocycles. The normalized spacial score (nSPS) is 17.6. The molecule has 1 aliphatic carbocycles. The molecule has 1 aromatic carbocycles. The lowest BCUT2D eigenvalue weighted by atomic mass is 9.77. The Morgan fingerprint density at radius 2 is 2.06 bits per heavy atom. The van der Waals surface area contributed by atoms with Gasteiger partial charge < -0.3 is 10.1 Å². The Hall–Kier alpha value is -0.730. The minimum absolute atomic E-state index is 0.00683. The summed E-state index contributed by atoms with van der Waals surface area (Å²) >= 11 is 6.16. The second-order valence-corrected chi connectivity index (χ2v) is 5.84. The molecule has 0 saturated heterocycles. The van der Waals surface area contributed by atoms with E-state index in [1.54, 1.807) is 0 Å². The van der Waals surface area contributed by atoms with Crippen LogP contribution < -0.4 is 10.1 Å². The molecule has 0 bridgehead atoms. The Bertz CT molecular complexity index is 388. The zero-order chi connectivity index (χ0) is 13.0. The maximum atomic E-state index is 6.18. The average Bonchev–Trinajstić information content (AvgIpc) is 2.28. The number of benzene rings is 1. The van der Waals surface area contributed by atoms with E-state index in [0.717, 1.165) is 31.6 Å². The third-order valence-electron chi connectivity index (χ3n) is 3.56. The molecule has 0 radical (unpaired) electrons. The highest BCUT2D eigenvalue weighted by atomic mass is 35.5. The van der Waals surface area contributed by atoms with Gasteiger partial charge in [-0.25, -0.2) is 0 Å². The van der Waals surface area contributed by atoms with Crippen molar-refractivity contribution in [1.29, 1.82) is 0 Å². The molecule has 0 spiro atoms. The Morgan fingerprint density at radius 3 is 2.61 bits per heavy atom. The van der Waals surface area contributed by atoms with E-state index < -0.39 is 0 Å². The van der Waals surface area contributed by atoms with E-state index in [-0.39, 0.29) is 5.60 Å². The fourth-order valence-corrected chi connectivity index (χ4v) is 2.50. The highest BCUT2D eigenvalue weighted by Gasteiger charge is 2.39. The van der Waals surface area contributed by atoms with E-state index in [0.29, 0.717) is 11.1 Å². The van der Waals surface area contributed by atoms with Gasteiger partial charge in [0.15, 0.2) is 0 Å². The molecule has 0 aliphatic heterocycles. The number of ether oxygens (including phenoxy) is 1. The summed E-state index contributed by atoms with van der Waals surface area (Å²) in [5.41, 5.74) is 0.00683. The van der Waals surface area contributed by atoms with Gasteiger partial charge >= 0.3 is 0 Å². The van der Waals surface area contributed by atoms with Crippen LogP contribution in [0.1, 0.15) is 39.5 Å². The Balaban J connectivity index is 1.94. The van der Waals surface area contributed by atoms with Crippen molar-refractivity contribution in [3.8, 4) is 5.75 Å². The first-order valence-electron chi connectivity index (χ1n) is 6.78. The van der Waals surface area contributed by atoms with Crippen LogP contribution in [0.5, 0.6) is 5.75 Å². The first-order chi connectivity index (χ1) is 8.61. The van der Waals surface area contributed by atoms with E-state index in [1.165, 1.54) is 6.42 Å². The van der Waals surface area contributed by atoms with Gasteiger partial charge in [-0.3, -0.25) is 0 Å². The maximum absolute atomic E-state index is 6.18. The van der Waals surface area contributed by atoms with Crippen LogP contribution in [-0.4, -0.2) is 18.2 Å². The zero-order valence-corrected chi connectivity index (χ0v) is 12.0. The van der Waals surface area contributed by atoms with Gasteiger partial charge in [-0.1, -0.05) is 37.6 Å². The molecule has 0 heterocycles. The number of hydrogen-bond acceptors (Lipinski definition) is 2. The predicted molar refractivity (Wildman–Crippen MR) is 76.4 cm³/mol. The van der Waals surface area contributed by atoms with Crippen molar-refractivity contribution < 1.29 is 4.74 Å². The minimum atomic E-state index is 0.00683. The highest BCUT2D eigenvalue weighted by Crippen LogP contribution is 2.40. The summed E-state index contributed by atoms with van der Waals surface area (Å²) in [6.07, 6.45) is 4.58. The maximum Gasteiger partial charge on any atom is 0.138 e. The first kappa shape index (κ1) is 13.7. The summed E-state index contributed by atoms with van der Waals surface area (Å²) < 4.78 is 6.18. The molecule has 1 aliphatic rings. The van der Waals surface area contributed by atoms with E-state index >= 15 is 0 Å². The Morgan fingerprint density at radius 1 is 1.33 bits per heavy atom. The Kier molecular flexibility index (Phi) is 4.52. The van der Waals surface area contributed by atoms with E-state index in [9.17, 15) is 0 Å². The molecule has 1 fully saturated rings. The molecule has 0 amide bonds. The van der Waals surface area contributed by atoms with Crippen LogP contribution in [0.4, 0.5) is 0 Å². The van der Waals surface area contributed by atoms with Gasteiger partial charge in [0, 0.05) is 6.04 Å². The smallest absolute Gasteiger partial charge is 0.138 e. The fourth-order valence-electron chi connectivity index (χ4n) is 2.32. The van der Waals surface area contributed by atoms with Gasteiger partial charge in [-0.15, -0.1) is 0 Å². The summed E-state index contributed by atoms with van der Waals surface area (Å²) in [5.74, 6) is 0.823. The molecule has 2 rings (SSSR count). The topological polar surface area (TPSA) is 21.3 Å². The summed E-state index contributed by atoms with van der Waals surface area (Å²) in [4.78, 5) is 0. The van der Waals surface area contributed by atoms with Crippen LogP contribution in [0.2, 0.25) is 5.02 Å². The van der Waals surface area contributed by atoms with E-state index in [2.05, 4.69) is 19.2 Å². The molecule has 0 unspecified atom stereocenters. The van der Waals surface area contributed by atoms with Crippen LogP contribution in [0.25, 0.3) is 0 Å². The summed E-state index contributed by atoms with van der Waals surface area (Å²) in [6, 6.07) is 8.28. The van der Waals surface area contributed by atoms with Crippen LogP contribution in [0.3, 0.4) is 0 Å². The van der Waals surface area contributed by atoms with Crippen molar-refractivity contribution in [3.63, 3.8) is 0 Å². The van der Waals surface area contributed by atoms with E-state index in [1.807, 2.05) is 24.3 Å². The number of halogens is 1. The predicted octanol–water partition coefficient (Wildman–Crippen LogP) is 4.03. The summed E-state index contributed by atoms with van der Waals surface area (Å²) in [7, 11) is 0. The third-order valence-corrected chi connectivity index (χ3v) is 3.87. The molecule has 1 N–H and O–H groups in total. The number of rotatable bonds is 6. The van der Waals surface area contributed by atoms with Gasteiger partial charge in [-0.2, -0.15) is 0 Å². The third kappa shape index (κ3) is 3.39. The lowest BCUT2D eigenvalue weighted by molar-refractivity contribution is -0.0144. The van der Waals surface area contributed by atoms with Gasteiger partial charge in [-0.05, 0) is 44.4 Å². The van der Waals surface area contributed by atoms with Crippen molar-refractivity contribution in [1.82, 2.24) is 5.32 Å². The molecular weight excluding hydrogens is 246 g/mol. The molecular formula is C15H22ClNO. The molecule has 100 valence electrons. The molecule has 1 aromatic rings. The van der Waals surface area contributed by atoms with Gasteiger partial charge in [0.25, 0.3) is 0 Å². The molecule has 0 atom stereocenters. The number of nitrogens with one attached hydrogen (secondary N) is 1. The second kappa shape index (κ2) is 5.94. The van der Waals surface area contributed by atoms with Crippen LogP contribution in [-0.2, 0) is 0 Å². The fraction of sp³-hybridized carbons (Fsp3) is 0.600. The number of para-hydroxylation sites is 1. The van der Waals surface area contributed by atoms with Crippen molar-refractivity contribution in [2.24, 2.45) is 0 Å². The first-order valence-corrected chi connectivity index (χ1v) is 7.16. The van der Waals surface area contributed by atoms with Gasteiger partial charge in [0.2, 0.25) is 0 Å². The largest absolute Gasteiger partial charge is 0.486 e. The van der Waals surface area contributed by atoms with Crippen molar-refractivity contribution in [3.05, 3.63) is 29.3 Å². The molecule has 3 heteroatoms. The van der Waals surface area contributed by atoms with Crippen LogP contribution in [0.15, 0.2) is 24.3 Å². The number of hydrogen-bond donors (Lipinski definition) is 1. The molecule has 2 nitrogen and oxygen atoms in total. The monoisotopic (exact) mass is 267 g/mol. The van der Waals surface area contributed by atoms with Crippen molar-refractivity contribution in [2.75, 3.05) is 6.54 Å². The Labute approximate surface area is 115 Å². The zero-order valence-electron chi connectivity index (χ0n) is 11.2. The highest BCUT2D eigenvalue weighted by molar-refractivity contribution is 6.32. The van der Waals surface area contributed by atoms with Crippen LogP contribution >= 0.6 is 11.6 Å². The van der Waals surface area contributed by atoms with Gasteiger partial charge in [0.05, 0.1) is 5.02 Å². The van der Waals surface area contributed by atoms with Gasteiger partial charge in [0.1, 0.15) is 11.4 Å². The van der Waals surface area contributed by atoms with Crippen molar-refractivity contribution >= 4 is 11.6 Å². The van der Waals surface area contributed by atoms with E-state index in [4.69, 9.17) is 16.3 Å². The van der Waals surface area contributed by atoms with Crippen molar-refractivity contribution in [2.45, 2.75) is 51.2 Å².